The van der Waals surface area contributed by atoms with Crippen LogP contribution in [-0.4, -0.2) is 39.6 Å². The quantitative estimate of drug-likeness (QED) is 0.864. The van der Waals surface area contributed by atoms with Gasteiger partial charge in [-0.3, -0.25) is 4.79 Å². The van der Waals surface area contributed by atoms with E-state index in [2.05, 4.69) is 4.98 Å². The Morgan fingerprint density at radius 1 is 1.47 bits per heavy atom. The van der Waals surface area contributed by atoms with E-state index in [0.717, 1.165) is 12.8 Å². The highest BCUT2D eigenvalue weighted by molar-refractivity contribution is 6.30. The molecule has 1 saturated carbocycles. The molecule has 1 aromatic rings. The topological polar surface area (TPSA) is 53.4 Å². The first-order valence-corrected chi connectivity index (χ1v) is 6.09. The Bertz CT molecular complexity index is 450. The maximum atomic E-state index is 12.0. The second kappa shape index (κ2) is 3.68. The molecule has 0 atom stereocenters. The van der Waals surface area contributed by atoms with Gasteiger partial charge in [0.1, 0.15) is 11.3 Å². The van der Waals surface area contributed by atoms with Crippen LogP contribution in [0.1, 0.15) is 23.3 Å². The number of hydrogen-bond acceptors (Lipinski definition) is 3. The van der Waals surface area contributed by atoms with Crippen LogP contribution in [0.25, 0.3) is 0 Å². The number of likely N-dealkylation sites (tertiary alicyclic amines) is 1. The van der Waals surface area contributed by atoms with Crippen molar-refractivity contribution in [1.82, 2.24) is 9.88 Å². The summed E-state index contributed by atoms with van der Waals surface area (Å²) in [5.41, 5.74) is -0.255. The van der Waals surface area contributed by atoms with Gasteiger partial charge in [0.25, 0.3) is 5.91 Å². The van der Waals surface area contributed by atoms with Crippen molar-refractivity contribution in [3.63, 3.8) is 0 Å². The molecule has 0 aromatic carbocycles. The number of hydrogen-bond donors (Lipinski definition) is 1. The third-order valence-corrected chi connectivity index (χ3v) is 3.72. The van der Waals surface area contributed by atoms with Crippen molar-refractivity contribution in [2.45, 2.75) is 18.4 Å². The van der Waals surface area contributed by atoms with Gasteiger partial charge >= 0.3 is 0 Å². The third kappa shape index (κ3) is 1.91. The standard InChI is InChI=1S/C12H13ClN2O2/c13-9-3-4-10(14-5-9)11(16)15-6-12(17,7-15)8-1-2-8/h3-5,8,17H,1-2,6-7H2. The molecule has 3 rings (SSSR count). The lowest BCUT2D eigenvalue weighted by Crippen LogP contribution is -2.64. The van der Waals surface area contributed by atoms with E-state index < -0.39 is 5.60 Å². The van der Waals surface area contributed by atoms with Crippen LogP contribution in [0.3, 0.4) is 0 Å². The van der Waals surface area contributed by atoms with Gasteiger partial charge in [0.15, 0.2) is 0 Å². The van der Waals surface area contributed by atoms with Crippen LogP contribution in [0.15, 0.2) is 18.3 Å². The van der Waals surface area contributed by atoms with Crippen molar-refractivity contribution < 1.29 is 9.90 Å². The summed E-state index contributed by atoms with van der Waals surface area (Å²) in [5, 5.41) is 10.6. The molecule has 1 saturated heterocycles. The van der Waals surface area contributed by atoms with Gasteiger partial charge in [-0.2, -0.15) is 0 Å². The number of nitrogens with zero attached hydrogens (tertiary/aromatic N) is 2. The number of carbonyl (C=O) groups excluding carboxylic acids is 1. The average molecular weight is 253 g/mol. The third-order valence-electron chi connectivity index (χ3n) is 3.50. The van der Waals surface area contributed by atoms with Crippen LogP contribution in [-0.2, 0) is 0 Å². The van der Waals surface area contributed by atoms with Gasteiger partial charge in [0.2, 0.25) is 0 Å². The Balaban J connectivity index is 1.66. The van der Waals surface area contributed by atoms with Crippen molar-refractivity contribution in [3.05, 3.63) is 29.0 Å². The largest absolute Gasteiger partial charge is 0.386 e. The number of carbonyl (C=O) groups is 1. The molecule has 2 heterocycles. The molecule has 1 N–H and O–H groups in total. The molecule has 1 aliphatic carbocycles. The molecule has 1 aliphatic heterocycles. The van der Waals surface area contributed by atoms with Crippen LogP contribution in [0.5, 0.6) is 0 Å². The minimum atomic E-state index is -0.637. The highest BCUT2D eigenvalue weighted by Crippen LogP contribution is 2.44. The van der Waals surface area contributed by atoms with Gasteiger partial charge in [-0.05, 0) is 30.9 Å². The fourth-order valence-electron chi connectivity index (χ4n) is 2.30. The Morgan fingerprint density at radius 2 is 2.18 bits per heavy atom. The van der Waals surface area contributed by atoms with Gasteiger partial charge in [0, 0.05) is 6.20 Å². The highest BCUT2D eigenvalue weighted by Gasteiger charge is 2.53. The van der Waals surface area contributed by atoms with E-state index in [1.807, 2.05) is 0 Å². The molecular formula is C12H13ClN2O2. The van der Waals surface area contributed by atoms with Crippen molar-refractivity contribution >= 4 is 17.5 Å². The van der Waals surface area contributed by atoms with Crippen molar-refractivity contribution in [1.29, 1.82) is 0 Å². The molecule has 0 radical (unpaired) electrons. The van der Waals surface area contributed by atoms with Crippen LogP contribution in [0.2, 0.25) is 5.02 Å². The maximum absolute atomic E-state index is 12.0. The summed E-state index contributed by atoms with van der Waals surface area (Å²) in [6.07, 6.45) is 3.62. The summed E-state index contributed by atoms with van der Waals surface area (Å²) < 4.78 is 0. The molecule has 0 spiro atoms. The molecule has 0 unspecified atom stereocenters. The summed E-state index contributed by atoms with van der Waals surface area (Å²) in [6, 6.07) is 3.26. The van der Waals surface area contributed by atoms with Crippen LogP contribution < -0.4 is 0 Å². The average Bonchev–Trinajstić information content (AvgIpc) is 3.09. The second-order valence-corrected chi connectivity index (χ2v) is 5.34. The Morgan fingerprint density at radius 3 is 2.71 bits per heavy atom. The molecule has 90 valence electrons. The number of aliphatic hydroxyl groups is 1. The first kappa shape index (κ1) is 11.0. The van der Waals surface area contributed by atoms with E-state index in [0.29, 0.717) is 29.7 Å². The van der Waals surface area contributed by atoms with Gasteiger partial charge in [-0.15, -0.1) is 0 Å². The lowest BCUT2D eigenvalue weighted by Gasteiger charge is -2.46. The number of pyridine rings is 1. The Hall–Kier alpha value is -1.13. The number of aromatic nitrogens is 1. The van der Waals surface area contributed by atoms with Gasteiger partial charge in [0.05, 0.1) is 18.1 Å². The second-order valence-electron chi connectivity index (χ2n) is 4.90. The molecule has 0 bridgehead atoms. The predicted octanol–water partition coefficient (Wildman–Crippen LogP) is 1.33. The molecule has 1 amide bonds. The normalized spacial score (nSPS) is 22.1. The monoisotopic (exact) mass is 252 g/mol. The van der Waals surface area contributed by atoms with Crippen LogP contribution in [0.4, 0.5) is 0 Å². The fraction of sp³-hybridized carbons (Fsp3) is 0.500. The smallest absolute Gasteiger partial charge is 0.272 e. The van der Waals surface area contributed by atoms with Crippen molar-refractivity contribution in [2.24, 2.45) is 5.92 Å². The van der Waals surface area contributed by atoms with Crippen LogP contribution >= 0.6 is 11.6 Å². The van der Waals surface area contributed by atoms with Crippen molar-refractivity contribution in [3.8, 4) is 0 Å². The molecular weight excluding hydrogens is 240 g/mol. The summed E-state index contributed by atoms with van der Waals surface area (Å²) in [5.74, 6) is 0.261. The summed E-state index contributed by atoms with van der Waals surface area (Å²) >= 11 is 5.71. The predicted molar refractivity (Wildman–Crippen MR) is 62.8 cm³/mol. The molecule has 5 heteroatoms. The van der Waals surface area contributed by atoms with E-state index in [4.69, 9.17) is 11.6 Å². The van der Waals surface area contributed by atoms with Gasteiger partial charge < -0.3 is 10.0 Å². The first-order valence-electron chi connectivity index (χ1n) is 5.72. The SMILES string of the molecule is O=C(c1ccc(Cl)cn1)N1CC(O)(C2CC2)C1. The summed E-state index contributed by atoms with van der Waals surface area (Å²) in [7, 11) is 0. The van der Waals surface area contributed by atoms with Gasteiger partial charge in [-0.25, -0.2) is 4.98 Å². The van der Waals surface area contributed by atoms with E-state index >= 15 is 0 Å². The minimum Gasteiger partial charge on any atom is -0.386 e. The molecule has 4 nitrogen and oxygen atoms in total. The Labute approximate surface area is 104 Å². The number of amides is 1. The lowest BCUT2D eigenvalue weighted by molar-refractivity contribution is -0.0959. The zero-order chi connectivity index (χ0) is 12.0. The highest BCUT2D eigenvalue weighted by atomic mass is 35.5. The lowest BCUT2D eigenvalue weighted by atomic mass is 9.88. The first-order chi connectivity index (χ1) is 8.08. The number of β-amino-alcohol motifs (C(OH)–C–C–N with tert-alkyl or cyclic N) is 1. The van der Waals surface area contributed by atoms with E-state index in [1.165, 1.54) is 6.20 Å². The maximum Gasteiger partial charge on any atom is 0.272 e. The van der Waals surface area contributed by atoms with Crippen LogP contribution in [0, 0.1) is 5.92 Å². The van der Waals surface area contributed by atoms with E-state index in [-0.39, 0.29) is 5.91 Å². The van der Waals surface area contributed by atoms with Crippen molar-refractivity contribution in [2.75, 3.05) is 13.1 Å². The van der Waals surface area contributed by atoms with Gasteiger partial charge in [-0.1, -0.05) is 11.6 Å². The molecule has 2 aliphatic rings. The van der Waals surface area contributed by atoms with E-state index in [1.54, 1.807) is 17.0 Å². The zero-order valence-corrected chi connectivity index (χ0v) is 10.0. The summed E-state index contributed by atoms with van der Waals surface area (Å²) in [4.78, 5) is 17.6. The Kier molecular flexibility index (Phi) is 2.38. The fourth-order valence-corrected chi connectivity index (χ4v) is 2.41. The summed E-state index contributed by atoms with van der Waals surface area (Å²) in [6.45, 7) is 0.863. The molecule has 17 heavy (non-hydrogen) atoms. The van der Waals surface area contributed by atoms with E-state index in [9.17, 15) is 9.90 Å². The number of rotatable bonds is 2. The zero-order valence-electron chi connectivity index (χ0n) is 9.27. The number of halogens is 1. The molecule has 2 fully saturated rings. The molecule has 1 aromatic heterocycles. The minimum absolute atomic E-state index is 0.132.